The predicted octanol–water partition coefficient (Wildman–Crippen LogP) is 1.79. The maximum atomic E-state index is 11.9. The number of amides is 1. The highest BCUT2D eigenvalue weighted by atomic mass is 35.5. The zero-order valence-electron chi connectivity index (χ0n) is 11.0. The first kappa shape index (κ1) is 16.0. The summed E-state index contributed by atoms with van der Waals surface area (Å²) in [6.45, 7) is 2.70. The summed E-state index contributed by atoms with van der Waals surface area (Å²) in [5, 5.41) is 2.99. The van der Waals surface area contributed by atoms with Crippen LogP contribution in [-0.4, -0.2) is 24.7 Å². The fourth-order valence-electron chi connectivity index (χ4n) is 2.20. The molecule has 4 nitrogen and oxygen atoms in total. The van der Waals surface area contributed by atoms with E-state index in [0.29, 0.717) is 6.42 Å². The van der Waals surface area contributed by atoms with Crippen molar-refractivity contribution in [3.63, 3.8) is 0 Å². The van der Waals surface area contributed by atoms with Crippen molar-refractivity contribution in [2.24, 2.45) is 5.73 Å². The minimum absolute atomic E-state index is 0. The average Bonchev–Trinajstić information content (AvgIpc) is 2.76. The topological polar surface area (TPSA) is 64.3 Å². The highest BCUT2D eigenvalue weighted by Gasteiger charge is 2.26. The van der Waals surface area contributed by atoms with Crippen LogP contribution in [0.4, 0.5) is 0 Å². The zero-order valence-corrected chi connectivity index (χ0v) is 11.9. The third-order valence-electron chi connectivity index (χ3n) is 3.36. The molecule has 1 saturated heterocycles. The van der Waals surface area contributed by atoms with Gasteiger partial charge in [-0.05, 0) is 18.9 Å². The molecule has 106 valence electrons. The number of nitrogens with two attached hydrogens (primary N) is 1. The Morgan fingerprint density at radius 1 is 1.47 bits per heavy atom. The molecule has 3 atom stereocenters. The molecule has 0 radical (unpaired) electrons. The van der Waals surface area contributed by atoms with Gasteiger partial charge in [0.2, 0.25) is 5.91 Å². The molecule has 0 aromatic heterocycles. The lowest BCUT2D eigenvalue weighted by molar-refractivity contribution is -0.122. The number of nitrogens with one attached hydrogen (secondary N) is 1. The molecule has 1 fully saturated rings. The molecule has 19 heavy (non-hydrogen) atoms. The Morgan fingerprint density at radius 3 is 2.74 bits per heavy atom. The molecule has 1 aromatic rings. The Hall–Kier alpha value is -1.10. The largest absolute Gasteiger partial charge is 0.376 e. The molecule has 0 aliphatic carbocycles. The molecular formula is C14H21ClN2O2. The van der Waals surface area contributed by atoms with Gasteiger partial charge < -0.3 is 15.8 Å². The van der Waals surface area contributed by atoms with E-state index in [0.717, 1.165) is 18.6 Å². The molecule has 3 unspecified atom stereocenters. The van der Waals surface area contributed by atoms with Gasteiger partial charge in [0.25, 0.3) is 0 Å². The normalized spacial score (nSPS) is 23.5. The van der Waals surface area contributed by atoms with E-state index in [4.69, 9.17) is 10.5 Å². The van der Waals surface area contributed by atoms with Gasteiger partial charge in [0, 0.05) is 19.1 Å². The lowest BCUT2D eigenvalue weighted by Gasteiger charge is -2.18. The smallest absolute Gasteiger partial charge is 0.222 e. The summed E-state index contributed by atoms with van der Waals surface area (Å²) < 4.78 is 5.41. The molecule has 1 aliphatic rings. The Morgan fingerprint density at radius 2 is 2.16 bits per heavy atom. The van der Waals surface area contributed by atoms with Crippen molar-refractivity contribution in [1.29, 1.82) is 0 Å². The molecule has 5 heteroatoms. The molecule has 0 saturated carbocycles. The van der Waals surface area contributed by atoms with Crippen LogP contribution in [0.3, 0.4) is 0 Å². The van der Waals surface area contributed by atoms with E-state index in [-0.39, 0.29) is 36.5 Å². The fourth-order valence-corrected chi connectivity index (χ4v) is 2.20. The van der Waals surface area contributed by atoms with E-state index in [1.54, 1.807) is 0 Å². The van der Waals surface area contributed by atoms with Gasteiger partial charge in [-0.3, -0.25) is 4.79 Å². The average molecular weight is 285 g/mol. The second-order valence-corrected chi connectivity index (χ2v) is 4.76. The number of carbonyl (C=O) groups excluding carboxylic acids is 1. The van der Waals surface area contributed by atoms with E-state index in [2.05, 4.69) is 5.32 Å². The molecule has 2 rings (SSSR count). The molecule has 0 spiro atoms. The van der Waals surface area contributed by atoms with Gasteiger partial charge in [-0.25, -0.2) is 0 Å². The van der Waals surface area contributed by atoms with Crippen LogP contribution in [0.2, 0.25) is 0 Å². The fraction of sp³-hybridized carbons (Fsp3) is 0.500. The summed E-state index contributed by atoms with van der Waals surface area (Å²) in [6.07, 6.45) is 1.29. The summed E-state index contributed by atoms with van der Waals surface area (Å²) in [6, 6.07) is 9.57. The third-order valence-corrected chi connectivity index (χ3v) is 3.36. The maximum absolute atomic E-state index is 11.9. The van der Waals surface area contributed by atoms with Gasteiger partial charge >= 0.3 is 0 Å². The van der Waals surface area contributed by atoms with Gasteiger partial charge in [-0.2, -0.15) is 0 Å². The van der Waals surface area contributed by atoms with E-state index in [9.17, 15) is 4.79 Å². The summed E-state index contributed by atoms with van der Waals surface area (Å²) in [4.78, 5) is 11.9. The van der Waals surface area contributed by atoms with Gasteiger partial charge in [-0.1, -0.05) is 30.3 Å². The molecule has 1 heterocycles. The van der Waals surface area contributed by atoms with Gasteiger partial charge in [-0.15, -0.1) is 12.4 Å². The van der Waals surface area contributed by atoms with Crippen LogP contribution in [-0.2, 0) is 9.53 Å². The lowest BCUT2D eigenvalue weighted by atomic mass is 10.0. The summed E-state index contributed by atoms with van der Waals surface area (Å²) in [5.41, 5.74) is 7.00. The highest BCUT2D eigenvalue weighted by Crippen LogP contribution is 2.15. The summed E-state index contributed by atoms with van der Waals surface area (Å²) >= 11 is 0. The lowest BCUT2D eigenvalue weighted by Crippen LogP contribution is -2.40. The van der Waals surface area contributed by atoms with Crippen LogP contribution >= 0.6 is 12.4 Å². The first-order valence-corrected chi connectivity index (χ1v) is 6.38. The van der Waals surface area contributed by atoms with Gasteiger partial charge in [0.1, 0.15) is 0 Å². The Kier molecular flexibility index (Phi) is 6.28. The van der Waals surface area contributed by atoms with Crippen LogP contribution < -0.4 is 11.1 Å². The van der Waals surface area contributed by atoms with Crippen LogP contribution in [0.5, 0.6) is 0 Å². The van der Waals surface area contributed by atoms with Crippen molar-refractivity contribution in [3.05, 3.63) is 35.9 Å². The standard InChI is InChI=1S/C14H20N2O2.ClH/c1-10-13(7-8-18-10)16-14(17)9-12(15)11-5-3-2-4-6-11;/h2-6,10,12-13H,7-9,15H2,1H3,(H,16,17);1H. The minimum Gasteiger partial charge on any atom is -0.376 e. The maximum Gasteiger partial charge on any atom is 0.222 e. The van der Waals surface area contributed by atoms with Crippen LogP contribution in [0, 0.1) is 0 Å². The molecule has 1 aromatic carbocycles. The highest BCUT2D eigenvalue weighted by molar-refractivity contribution is 5.85. The van der Waals surface area contributed by atoms with Crippen LogP contribution in [0.1, 0.15) is 31.4 Å². The van der Waals surface area contributed by atoms with Crippen molar-refractivity contribution in [3.8, 4) is 0 Å². The minimum atomic E-state index is -0.246. The van der Waals surface area contributed by atoms with Crippen molar-refractivity contribution >= 4 is 18.3 Å². The quantitative estimate of drug-likeness (QED) is 0.886. The number of carbonyl (C=O) groups is 1. The first-order chi connectivity index (χ1) is 8.66. The molecular weight excluding hydrogens is 264 g/mol. The number of ether oxygens (including phenoxy) is 1. The number of rotatable bonds is 4. The van der Waals surface area contributed by atoms with E-state index in [1.165, 1.54) is 0 Å². The van der Waals surface area contributed by atoms with E-state index in [1.807, 2.05) is 37.3 Å². The van der Waals surface area contributed by atoms with Gasteiger partial charge in [0.05, 0.1) is 12.1 Å². The van der Waals surface area contributed by atoms with Gasteiger partial charge in [0.15, 0.2) is 0 Å². The van der Waals surface area contributed by atoms with E-state index >= 15 is 0 Å². The molecule has 0 bridgehead atoms. The van der Waals surface area contributed by atoms with Crippen LogP contribution in [0.15, 0.2) is 30.3 Å². The predicted molar refractivity (Wildman–Crippen MR) is 77.2 cm³/mol. The van der Waals surface area contributed by atoms with Crippen molar-refractivity contribution in [1.82, 2.24) is 5.32 Å². The number of hydrogen-bond donors (Lipinski definition) is 2. The Labute approximate surface area is 120 Å². The van der Waals surface area contributed by atoms with Crippen molar-refractivity contribution < 1.29 is 9.53 Å². The monoisotopic (exact) mass is 284 g/mol. The second-order valence-electron chi connectivity index (χ2n) is 4.76. The second kappa shape index (κ2) is 7.48. The SMILES string of the molecule is CC1OCCC1NC(=O)CC(N)c1ccccc1.Cl. The first-order valence-electron chi connectivity index (χ1n) is 6.38. The number of benzene rings is 1. The summed E-state index contributed by atoms with van der Waals surface area (Å²) in [7, 11) is 0. The van der Waals surface area contributed by atoms with E-state index < -0.39 is 0 Å². The third kappa shape index (κ3) is 4.49. The molecule has 3 N–H and O–H groups in total. The Balaban J connectivity index is 0.00000180. The zero-order chi connectivity index (χ0) is 13.0. The van der Waals surface area contributed by atoms with Crippen molar-refractivity contribution in [2.45, 2.75) is 38.0 Å². The summed E-state index contributed by atoms with van der Waals surface area (Å²) in [5.74, 6) is -0.00583. The number of hydrogen-bond acceptors (Lipinski definition) is 3. The molecule has 1 aliphatic heterocycles. The number of halogens is 1. The van der Waals surface area contributed by atoms with Crippen LogP contribution in [0.25, 0.3) is 0 Å². The Bertz CT molecular complexity index is 400. The van der Waals surface area contributed by atoms with Crippen molar-refractivity contribution in [2.75, 3.05) is 6.61 Å². The molecule has 1 amide bonds.